The van der Waals surface area contributed by atoms with Crippen LogP contribution < -0.4 is 0 Å². The van der Waals surface area contributed by atoms with E-state index in [2.05, 4.69) is 23.2 Å². The Hall–Kier alpha value is 0.103. The van der Waals surface area contributed by atoms with Gasteiger partial charge in [-0.05, 0) is 0 Å². The molecule has 0 aliphatic heterocycles. The van der Waals surface area contributed by atoms with Crippen LogP contribution in [0.4, 0.5) is 0 Å². The molecule has 7 heavy (non-hydrogen) atoms. The Morgan fingerprint density at radius 1 is 1.43 bits per heavy atom. The Balaban J connectivity index is 3.40. The van der Waals surface area contributed by atoms with Crippen molar-refractivity contribution in [1.29, 1.82) is 0 Å². The van der Waals surface area contributed by atoms with Gasteiger partial charge >= 0.3 is 48.1 Å². The summed E-state index contributed by atoms with van der Waals surface area (Å²) in [5.41, 5.74) is 0. The zero-order chi connectivity index (χ0) is 5.91. The Kier molecular flexibility index (Phi) is 2.46. The summed E-state index contributed by atoms with van der Waals surface area (Å²) in [6.07, 6.45) is 5.11. The molecule has 0 aromatic rings. The molecular weight excluding hydrogens is 145 g/mol. The van der Waals surface area contributed by atoms with Crippen molar-refractivity contribution in [3.05, 3.63) is 0 Å². The third-order valence-electron chi connectivity index (χ3n) is 0.632. The molecule has 0 aliphatic rings. The summed E-state index contributed by atoms with van der Waals surface area (Å²) in [6, 6.07) is 0. The van der Waals surface area contributed by atoms with Crippen LogP contribution in [0.25, 0.3) is 0 Å². The summed E-state index contributed by atoms with van der Waals surface area (Å²) < 4.78 is 0. The molecule has 0 aromatic carbocycles. The maximum absolute atomic E-state index is 5.11. The van der Waals surface area contributed by atoms with Gasteiger partial charge in [-0.2, -0.15) is 0 Å². The molecule has 0 radical (unpaired) electrons. The molecule has 0 atom stereocenters. The Bertz CT molecular complexity index is 81.3. The molecule has 0 fully saturated rings. The van der Waals surface area contributed by atoms with Crippen molar-refractivity contribution in [1.82, 2.24) is 0 Å². The molecule has 0 spiro atoms. The summed E-state index contributed by atoms with van der Waals surface area (Å²) in [5, 5.41) is 1.06. The van der Waals surface area contributed by atoms with Crippen molar-refractivity contribution in [2.24, 2.45) is 0 Å². The van der Waals surface area contributed by atoms with Gasteiger partial charge in [-0.25, -0.2) is 0 Å². The molecule has 0 N–H and O–H groups in total. The molecule has 0 saturated heterocycles. The van der Waals surface area contributed by atoms with Gasteiger partial charge in [-0.1, -0.05) is 0 Å². The standard InChI is InChI=1S/C6H12Ge/c1-5-6-7(2,3)4/h1H,6H2,2-4H3. The predicted octanol–water partition coefficient (Wildman–Crippen LogP) is 1.96. The molecular formula is C6H12Ge. The van der Waals surface area contributed by atoms with E-state index < -0.39 is 13.3 Å². The third-order valence-corrected chi connectivity index (χ3v) is 3.29. The second kappa shape index (κ2) is 2.42. The molecule has 0 nitrogen and oxygen atoms in total. The van der Waals surface area contributed by atoms with Gasteiger partial charge in [0.25, 0.3) is 0 Å². The first-order valence-electron chi connectivity index (χ1n) is 2.50. The van der Waals surface area contributed by atoms with Gasteiger partial charge in [0.2, 0.25) is 0 Å². The zero-order valence-corrected chi connectivity index (χ0v) is 7.38. The van der Waals surface area contributed by atoms with Gasteiger partial charge in [-0.3, -0.25) is 0 Å². The normalized spacial score (nSPS) is 10.6. The molecule has 0 heterocycles. The van der Waals surface area contributed by atoms with E-state index in [1.54, 1.807) is 0 Å². The molecule has 40 valence electrons. The Morgan fingerprint density at radius 3 is 1.86 bits per heavy atom. The molecule has 0 rings (SSSR count). The van der Waals surface area contributed by atoms with Gasteiger partial charge in [0.15, 0.2) is 0 Å². The van der Waals surface area contributed by atoms with Crippen LogP contribution in [0.15, 0.2) is 0 Å². The predicted molar refractivity (Wildman–Crippen MR) is 37.0 cm³/mol. The first kappa shape index (κ1) is 7.10. The van der Waals surface area contributed by atoms with Gasteiger partial charge in [-0.15, -0.1) is 0 Å². The van der Waals surface area contributed by atoms with Crippen molar-refractivity contribution >= 4 is 13.3 Å². The summed E-state index contributed by atoms with van der Waals surface area (Å²) >= 11 is -1.32. The van der Waals surface area contributed by atoms with E-state index in [0.29, 0.717) is 0 Å². The quantitative estimate of drug-likeness (QED) is 0.402. The van der Waals surface area contributed by atoms with Crippen LogP contribution in [-0.2, 0) is 0 Å². The second-order valence-corrected chi connectivity index (χ2v) is 14.4. The molecule has 0 amide bonds. The van der Waals surface area contributed by atoms with Gasteiger partial charge in [0.1, 0.15) is 0 Å². The van der Waals surface area contributed by atoms with Crippen LogP contribution in [0.3, 0.4) is 0 Å². The number of terminal acetylenes is 1. The van der Waals surface area contributed by atoms with Crippen molar-refractivity contribution in [3.63, 3.8) is 0 Å². The summed E-state index contributed by atoms with van der Waals surface area (Å²) in [6.45, 7) is 0. The summed E-state index contributed by atoms with van der Waals surface area (Å²) in [4.78, 5) is 0. The van der Waals surface area contributed by atoms with E-state index in [1.807, 2.05) is 0 Å². The van der Waals surface area contributed by atoms with Crippen LogP contribution in [0, 0.1) is 12.3 Å². The van der Waals surface area contributed by atoms with Crippen LogP contribution in [0.2, 0.25) is 22.5 Å². The third kappa shape index (κ3) is 6.10. The molecule has 1 heteroatoms. The van der Waals surface area contributed by atoms with E-state index >= 15 is 0 Å². The number of rotatable bonds is 1. The van der Waals surface area contributed by atoms with Crippen LogP contribution >= 0.6 is 0 Å². The van der Waals surface area contributed by atoms with Gasteiger partial charge in [0.05, 0.1) is 0 Å². The molecule has 0 aromatic heterocycles. The average Bonchev–Trinajstić information content (AvgIpc) is 1.30. The fourth-order valence-electron chi connectivity index (χ4n) is 0.306. The maximum atomic E-state index is 5.11. The van der Waals surface area contributed by atoms with E-state index in [0.717, 1.165) is 5.25 Å². The van der Waals surface area contributed by atoms with Crippen molar-refractivity contribution in [2.75, 3.05) is 0 Å². The van der Waals surface area contributed by atoms with E-state index in [4.69, 9.17) is 6.42 Å². The monoisotopic (exact) mass is 158 g/mol. The molecule has 0 saturated carbocycles. The van der Waals surface area contributed by atoms with E-state index in [1.165, 1.54) is 0 Å². The van der Waals surface area contributed by atoms with Crippen molar-refractivity contribution in [2.45, 2.75) is 22.5 Å². The Labute approximate surface area is 48.7 Å². The van der Waals surface area contributed by atoms with Crippen molar-refractivity contribution < 1.29 is 0 Å². The second-order valence-electron chi connectivity index (χ2n) is 2.94. The average molecular weight is 157 g/mol. The van der Waals surface area contributed by atoms with Gasteiger partial charge in [0, 0.05) is 0 Å². The first-order chi connectivity index (χ1) is 3.06. The van der Waals surface area contributed by atoms with Crippen LogP contribution in [0.5, 0.6) is 0 Å². The van der Waals surface area contributed by atoms with Crippen molar-refractivity contribution in [3.8, 4) is 12.3 Å². The summed E-state index contributed by atoms with van der Waals surface area (Å²) in [5.74, 6) is 9.65. The fourth-order valence-corrected chi connectivity index (χ4v) is 1.59. The number of hydrogen-bond donors (Lipinski definition) is 0. The topological polar surface area (TPSA) is 0 Å². The first-order valence-corrected chi connectivity index (χ1v) is 10.3. The molecule has 0 bridgehead atoms. The summed E-state index contributed by atoms with van der Waals surface area (Å²) in [7, 11) is 0. The molecule has 0 unspecified atom stereocenters. The fraction of sp³-hybridized carbons (Fsp3) is 0.667. The SMILES string of the molecule is C#C[CH2][Ge]([CH3])([CH3])[CH3]. The van der Waals surface area contributed by atoms with Crippen LogP contribution in [-0.4, -0.2) is 13.3 Å². The minimum atomic E-state index is -1.32. The number of hydrogen-bond acceptors (Lipinski definition) is 0. The molecule has 0 aliphatic carbocycles. The zero-order valence-electron chi connectivity index (χ0n) is 5.28. The van der Waals surface area contributed by atoms with E-state index in [9.17, 15) is 0 Å². The van der Waals surface area contributed by atoms with E-state index in [-0.39, 0.29) is 0 Å². The Morgan fingerprint density at radius 2 is 1.86 bits per heavy atom. The van der Waals surface area contributed by atoms with Crippen LogP contribution in [0.1, 0.15) is 0 Å². The minimum absolute atomic E-state index is 1.06. The van der Waals surface area contributed by atoms with Gasteiger partial charge < -0.3 is 0 Å².